The van der Waals surface area contributed by atoms with E-state index in [1.165, 1.54) is 38.4 Å². The third-order valence-corrected chi connectivity index (χ3v) is 4.45. The Morgan fingerprint density at radius 1 is 1.26 bits per heavy atom. The second-order valence-electron chi connectivity index (χ2n) is 6.35. The Labute approximate surface area is 136 Å². The van der Waals surface area contributed by atoms with Gasteiger partial charge in [-0.25, -0.2) is 4.98 Å². The summed E-state index contributed by atoms with van der Waals surface area (Å²) in [6.45, 7) is 0.487. The molecule has 1 heterocycles. The predicted molar refractivity (Wildman–Crippen MR) is 84.6 cm³/mol. The van der Waals surface area contributed by atoms with Crippen LogP contribution in [-0.2, 0) is 16.1 Å². The molecule has 0 radical (unpaired) electrons. The molecule has 1 fully saturated rings. The van der Waals surface area contributed by atoms with Gasteiger partial charge in [-0.15, -0.1) is 0 Å². The number of carbonyl (C=O) groups excluding carboxylic acids is 1. The number of rotatable bonds is 9. The molecule has 1 amide bonds. The van der Waals surface area contributed by atoms with Gasteiger partial charge in [-0.05, 0) is 18.8 Å². The van der Waals surface area contributed by atoms with Crippen molar-refractivity contribution in [1.29, 1.82) is 0 Å². The molecule has 1 unspecified atom stereocenters. The smallest absolute Gasteiger partial charge is 0.303 e. The Morgan fingerprint density at radius 3 is 2.70 bits per heavy atom. The van der Waals surface area contributed by atoms with E-state index in [1.807, 2.05) is 0 Å². The lowest BCUT2D eigenvalue weighted by Gasteiger charge is -2.27. The Bertz CT molecular complexity index is 484. The van der Waals surface area contributed by atoms with Gasteiger partial charge in [-0.3, -0.25) is 14.3 Å². The zero-order valence-electron chi connectivity index (χ0n) is 13.5. The van der Waals surface area contributed by atoms with Crippen LogP contribution in [0.4, 0.5) is 0 Å². The summed E-state index contributed by atoms with van der Waals surface area (Å²) >= 11 is 0. The summed E-state index contributed by atoms with van der Waals surface area (Å²) in [6.07, 6.45) is 11.0. The van der Waals surface area contributed by atoms with E-state index in [-0.39, 0.29) is 18.4 Å². The van der Waals surface area contributed by atoms with Crippen LogP contribution in [-0.4, -0.2) is 37.8 Å². The molecule has 1 atom stereocenters. The zero-order valence-corrected chi connectivity index (χ0v) is 13.5. The molecule has 7 nitrogen and oxygen atoms in total. The molecule has 23 heavy (non-hydrogen) atoms. The van der Waals surface area contributed by atoms with Gasteiger partial charge in [0.2, 0.25) is 5.91 Å². The van der Waals surface area contributed by atoms with Gasteiger partial charge in [-0.1, -0.05) is 32.1 Å². The third kappa shape index (κ3) is 6.80. The van der Waals surface area contributed by atoms with Crippen LogP contribution in [0.25, 0.3) is 0 Å². The van der Waals surface area contributed by atoms with E-state index in [4.69, 9.17) is 5.11 Å². The van der Waals surface area contributed by atoms with Crippen molar-refractivity contribution in [2.24, 2.45) is 5.92 Å². The lowest BCUT2D eigenvalue weighted by molar-refractivity contribution is -0.137. The lowest BCUT2D eigenvalue weighted by atomic mass is 9.84. The topological polar surface area (TPSA) is 97.1 Å². The summed E-state index contributed by atoms with van der Waals surface area (Å²) in [5, 5.41) is 15.9. The van der Waals surface area contributed by atoms with Crippen LogP contribution < -0.4 is 5.32 Å². The van der Waals surface area contributed by atoms with Crippen molar-refractivity contribution in [3.05, 3.63) is 12.7 Å². The highest BCUT2D eigenvalue weighted by atomic mass is 16.4. The standard InChI is InChI=1S/C16H26N4O3/c21-15(8-9-20-12-17-11-18-20)19-14(6-7-16(22)23)10-13-4-2-1-3-5-13/h11-14H,1-10H2,(H,19,21)(H,22,23). The molecular formula is C16H26N4O3. The molecule has 0 aliphatic heterocycles. The lowest BCUT2D eigenvalue weighted by Crippen LogP contribution is -2.37. The monoisotopic (exact) mass is 322 g/mol. The van der Waals surface area contributed by atoms with Crippen molar-refractivity contribution in [1.82, 2.24) is 20.1 Å². The van der Waals surface area contributed by atoms with Crippen molar-refractivity contribution in [3.63, 3.8) is 0 Å². The fraction of sp³-hybridized carbons (Fsp3) is 0.750. The molecule has 0 aromatic carbocycles. The minimum Gasteiger partial charge on any atom is -0.481 e. The molecule has 1 aromatic rings. The molecule has 1 saturated carbocycles. The van der Waals surface area contributed by atoms with Gasteiger partial charge in [0.25, 0.3) is 0 Å². The van der Waals surface area contributed by atoms with E-state index in [1.54, 1.807) is 11.0 Å². The molecule has 0 saturated heterocycles. The van der Waals surface area contributed by atoms with Crippen molar-refractivity contribution in [3.8, 4) is 0 Å². The van der Waals surface area contributed by atoms with E-state index in [9.17, 15) is 9.59 Å². The quantitative estimate of drug-likeness (QED) is 0.724. The second-order valence-corrected chi connectivity index (χ2v) is 6.35. The first-order chi connectivity index (χ1) is 11.1. The van der Waals surface area contributed by atoms with Crippen LogP contribution >= 0.6 is 0 Å². The predicted octanol–water partition coefficient (Wildman–Crippen LogP) is 1.99. The van der Waals surface area contributed by atoms with Crippen LogP contribution in [0.5, 0.6) is 0 Å². The molecule has 7 heteroatoms. The minimum atomic E-state index is -0.810. The molecule has 0 bridgehead atoms. The normalized spacial score (nSPS) is 16.9. The first-order valence-corrected chi connectivity index (χ1v) is 8.47. The maximum atomic E-state index is 12.1. The van der Waals surface area contributed by atoms with Gasteiger partial charge in [-0.2, -0.15) is 5.10 Å². The molecule has 0 spiro atoms. The number of aromatic nitrogens is 3. The van der Waals surface area contributed by atoms with Crippen LogP contribution in [0, 0.1) is 5.92 Å². The molecule has 2 rings (SSSR count). The number of nitrogens with zero attached hydrogens (tertiary/aromatic N) is 3. The van der Waals surface area contributed by atoms with Crippen LogP contribution in [0.15, 0.2) is 12.7 Å². The SMILES string of the molecule is O=C(O)CCC(CC1CCCCC1)NC(=O)CCn1cncn1. The van der Waals surface area contributed by atoms with E-state index in [0.717, 1.165) is 6.42 Å². The molecule has 1 aliphatic rings. The summed E-state index contributed by atoms with van der Waals surface area (Å²) in [5.74, 6) is -0.250. The number of carboxylic acid groups (broad SMARTS) is 1. The van der Waals surface area contributed by atoms with Crippen LogP contribution in [0.2, 0.25) is 0 Å². The Hall–Kier alpha value is -1.92. The van der Waals surface area contributed by atoms with E-state index in [0.29, 0.717) is 25.3 Å². The van der Waals surface area contributed by atoms with Gasteiger partial charge < -0.3 is 10.4 Å². The third-order valence-electron chi connectivity index (χ3n) is 4.45. The highest BCUT2D eigenvalue weighted by Crippen LogP contribution is 2.28. The number of amides is 1. The number of carboxylic acids is 1. The van der Waals surface area contributed by atoms with Crippen molar-refractivity contribution < 1.29 is 14.7 Å². The van der Waals surface area contributed by atoms with Gasteiger partial charge in [0.05, 0.1) is 6.54 Å². The molecule has 2 N–H and O–H groups in total. The van der Waals surface area contributed by atoms with E-state index in [2.05, 4.69) is 15.4 Å². The summed E-state index contributed by atoms with van der Waals surface area (Å²) in [4.78, 5) is 26.8. The number of hydrogen-bond donors (Lipinski definition) is 2. The number of aliphatic carboxylic acids is 1. The van der Waals surface area contributed by atoms with Crippen LogP contribution in [0.3, 0.4) is 0 Å². The minimum absolute atomic E-state index is 0.0440. The largest absolute Gasteiger partial charge is 0.481 e. The second kappa shape index (κ2) is 9.27. The van der Waals surface area contributed by atoms with E-state index < -0.39 is 5.97 Å². The van der Waals surface area contributed by atoms with Gasteiger partial charge in [0.1, 0.15) is 12.7 Å². The Kier molecular flexibility index (Phi) is 7.03. The summed E-state index contributed by atoms with van der Waals surface area (Å²) in [6, 6.07) is -0.0440. The highest BCUT2D eigenvalue weighted by molar-refractivity contribution is 5.76. The van der Waals surface area contributed by atoms with Crippen molar-refractivity contribution >= 4 is 11.9 Å². The molecule has 1 aliphatic carbocycles. The van der Waals surface area contributed by atoms with Gasteiger partial charge >= 0.3 is 5.97 Å². The first-order valence-electron chi connectivity index (χ1n) is 8.47. The van der Waals surface area contributed by atoms with Crippen molar-refractivity contribution in [2.45, 2.75) is 70.4 Å². The molecular weight excluding hydrogens is 296 g/mol. The van der Waals surface area contributed by atoms with Crippen LogP contribution in [0.1, 0.15) is 57.8 Å². The highest BCUT2D eigenvalue weighted by Gasteiger charge is 2.21. The Balaban J connectivity index is 1.79. The fourth-order valence-corrected chi connectivity index (χ4v) is 3.24. The van der Waals surface area contributed by atoms with Crippen molar-refractivity contribution in [2.75, 3.05) is 0 Å². The summed E-state index contributed by atoms with van der Waals surface area (Å²) in [5.41, 5.74) is 0. The number of hydrogen-bond acceptors (Lipinski definition) is 4. The fourth-order valence-electron chi connectivity index (χ4n) is 3.24. The maximum Gasteiger partial charge on any atom is 0.303 e. The number of carbonyl (C=O) groups is 2. The molecule has 128 valence electrons. The number of nitrogens with one attached hydrogen (secondary N) is 1. The summed E-state index contributed by atoms with van der Waals surface area (Å²) in [7, 11) is 0. The number of aryl methyl sites for hydroxylation is 1. The van der Waals surface area contributed by atoms with E-state index >= 15 is 0 Å². The summed E-state index contributed by atoms with van der Waals surface area (Å²) < 4.78 is 1.62. The average molecular weight is 322 g/mol. The zero-order chi connectivity index (χ0) is 16.5. The van der Waals surface area contributed by atoms with Gasteiger partial charge in [0.15, 0.2) is 0 Å². The van der Waals surface area contributed by atoms with Gasteiger partial charge in [0, 0.05) is 18.9 Å². The average Bonchev–Trinajstić information content (AvgIpc) is 3.05. The maximum absolute atomic E-state index is 12.1. The Morgan fingerprint density at radius 2 is 2.04 bits per heavy atom. The first kappa shape index (κ1) is 17.4. The molecule has 1 aromatic heterocycles.